The smallest absolute Gasteiger partial charge is 0.127 e. The number of aliphatic hydroxyl groups is 1. The van der Waals surface area contributed by atoms with Crippen LogP contribution in [0.25, 0.3) is 0 Å². The summed E-state index contributed by atoms with van der Waals surface area (Å²) in [7, 11) is 1.60. The first-order chi connectivity index (χ1) is 7.60. The van der Waals surface area contributed by atoms with E-state index >= 15 is 0 Å². The predicted octanol–water partition coefficient (Wildman–Crippen LogP) is 2.30. The highest BCUT2D eigenvalue weighted by molar-refractivity contribution is 6.30. The zero-order valence-corrected chi connectivity index (χ0v) is 10.6. The molecule has 1 aromatic rings. The lowest BCUT2D eigenvalue weighted by Gasteiger charge is -2.17. The molecule has 90 valence electrons. The van der Waals surface area contributed by atoms with E-state index in [1.807, 2.05) is 19.9 Å². The van der Waals surface area contributed by atoms with Crippen molar-refractivity contribution < 1.29 is 9.84 Å². The van der Waals surface area contributed by atoms with Gasteiger partial charge in [-0.3, -0.25) is 0 Å². The lowest BCUT2D eigenvalue weighted by atomic mass is 10.0. The Morgan fingerprint density at radius 2 is 2.19 bits per heavy atom. The number of halogens is 1. The van der Waals surface area contributed by atoms with Crippen molar-refractivity contribution in [3.05, 3.63) is 28.3 Å². The second-order valence-corrected chi connectivity index (χ2v) is 4.11. The van der Waals surface area contributed by atoms with Crippen molar-refractivity contribution in [3.8, 4) is 5.75 Å². The SMILES string of the molecule is CCNCC(O)c1cc(Cl)cc(C)c1OC. The first-order valence-electron chi connectivity index (χ1n) is 5.33. The molecule has 0 heterocycles. The third-order valence-corrected chi connectivity index (χ3v) is 2.64. The van der Waals surface area contributed by atoms with Crippen LogP contribution in [-0.4, -0.2) is 25.3 Å². The number of aryl methyl sites for hydroxylation is 1. The van der Waals surface area contributed by atoms with E-state index in [1.54, 1.807) is 13.2 Å². The monoisotopic (exact) mass is 243 g/mol. The maximum atomic E-state index is 10.0. The largest absolute Gasteiger partial charge is 0.496 e. The molecule has 0 bridgehead atoms. The van der Waals surface area contributed by atoms with Crippen LogP contribution >= 0.6 is 11.6 Å². The first kappa shape index (κ1) is 13.3. The van der Waals surface area contributed by atoms with Crippen molar-refractivity contribution in [2.24, 2.45) is 0 Å². The van der Waals surface area contributed by atoms with Crippen LogP contribution < -0.4 is 10.1 Å². The lowest BCUT2D eigenvalue weighted by molar-refractivity contribution is 0.171. The first-order valence-corrected chi connectivity index (χ1v) is 5.70. The molecular formula is C12H18ClNO2. The van der Waals surface area contributed by atoms with Gasteiger partial charge in [-0.1, -0.05) is 18.5 Å². The highest BCUT2D eigenvalue weighted by Crippen LogP contribution is 2.31. The maximum Gasteiger partial charge on any atom is 0.127 e. The molecule has 1 aromatic carbocycles. The van der Waals surface area contributed by atoms with Gasteiger partial charge in [0.05, 0.1) is 13.2 Å². The Bertz CT molecular complexity index is 355. The Hall–Kier alpha value is -0.770. The molecule has 2 N–H and O–H groups in total. The van der Waals surface area contributed by atoms with Gasteiger partial charge < -0.3 is 15.2 Å². The summed E-state index contributed by atoms with van der Waals surface area (Å²) >= 11 is 5.97. The Balaban J connectivity index is 3.00. The number of rotatable bonds is 5. The molecule has 0 saturated carbocycles. The van der Waals surface area contributed by atoms with E-state index in [0.29, 0.717) is 17.3 Å². The summed E-state index contributed by atoms with van der Waals surface area (Å²) in [6.45, 7) is 5.22. The second kappa shape index (κ2) is 6.09. The van der Waals surface area contributed by atoms with Gasteiger partial charge in [-0.15, -0.1) is 0 Å². The fraction of sp³-hybridized carbons (Fsp3) is 0.500. The summed E-state index contributed by atoms with van der Waals surface area (Å²) in [6.07, 6.45) is -0.604. The summed E-state index contributed by atoms with van der Waals surface area (Å²) < 4.78 is 5.29. The Morgan fingerprint density at radius 1 is 1.50 bits per heavy atom. The van der Waals surface area contributed by atoms with Crippen molar-refractivity contribution in [2.75, 3.05) is 20.2 Å². The van der Waals surface area contributed by atoms with Gasteiger partial charge in [0, 0.05) is 17.1 Å². The van der Waals surface area contributed by atoms with Crippen molar-refractivity contribution in [2.45, 2.75) is 20.0 Å². The molecule has 0 fully saturated rings. The zero-order chi connectivity index (χ0) is 12.1. The van der Waals surface area contributed by atoms with Crippen LogP contribution in [0.1, 0.15) is 24.2 Å². The molecule has 0 amide bonds. The van der Waals surface area contributed by atoms with Crippen molar-refractivity contribution in [1.29, 1.82) is 0 Å². The van der Waals surface area contributed by atoms with Gasteiger partial charge in [0.25, 0.3) is 0 Å². The van der Waals surface area contributed by atoms with Crippen molar-refractivity contribution in [3.63, 3.8) is 0 Å². The summed E-state index contributed by atoms with van der Waals surface area (Å²) in [5.41, 5.74) is 1.66. The van der Waals surface area contributed by atoms with Gasteiger partial charge in [-0.25, -0.2) is 0 Å². The number of hydrogen-bond donors (Lipinski definition) is 2. The molecular weight excluding hydrogens is 226 g/mol. The van der Waals surface area contributed by atoms with Gasteiger partial charge in [0.15, 0.2) is 0 Å². The van der Waals surface area contributed by atoms with Crippen LogP contribution in [0.3, 0.4) is 0 Å². The normalized spacial score (nSPS) is 12.6. The molecule has 1 unspecified atom stereocenters. The Labute approximate surface area is 101 Å². The molecule has 0 aliphatic rings. The van der Waals surface area contributed by atoms with Crippen LogP contribution in [0, 0.1) is 6.92 Å². The summed E-state index contributed by atoms with van der Waals surface area (Å²) in [5, 5.41) is 13.7. The summed E-state index contributed by atoms with van der Waals surface area (Å²) in [5.74, 6) is 0.704. The molecule has 1 atom stereocenters. The molecule has 0 saturated heterocycles. The van der Waals surface area contributed by atoms with Crippen molar-refractivity contribution in [1.82, 2.24) is 5.32 Å². The fourth-order valence-electron chi connectivity index (χ4n) is 1.67. The predicted molar refractivity (Wildman–Crippen MR) is 66.2 cm³/mol. The van der Waals surface area contributed by atoms with Crippen molar-refractivity contribution >= 4 is 11.6 Å². The molecule has 0 aliphatic carbocycles. The van der Waals surface area contributed by atoms with E-state index in [9.17, 15) is 5.11 Å². The van der Waals surface area contributed by atoms with E-state index in [-0.39, 0.29) is 0 Å². The van der Waals surface area contributed by atoms with E-state index < -0.39 is 6.10 Å². The fourth-order valence-corrected chi connectivity index (χ4v) is 1.95. The minimum Gasteiger partial charge on any atom is -0.496 e. The number of hydrogen-bond acceptors (Lipinski definition) is 3. The number of methoxy groups -OCH3 is 1. The molecule has 4 heteroatoms. The van der Waals surface area contributed by atoms with Gasteiger partial charge in [-0.05, 0) is 31.2 Å². The topological polar surface area (TPSA) is 41.5 Å². The molecule has 0 radical (unpaired) electrons. The van der Waals surface area contributed by atoms with E-state index in [4.69, 9.17) is 16.3 Å². The van der Waals surface area contributed by atoms with Crippen LogP contribution in [0.15, 0.2) is 12.1 Å². The molecule has 16 heavy (non-hydrogen) atoms. The number of aliphatic hydroxyl groups excluding tert-OH is 1. The highest BCUT2D eigenvalue weighted by Gasteiger charge is 2.15. The number of benzene rings is 1. The van der Waals surface area contributed by atoms with Gasteiger partial charge in [-0.2, -0.15) is 0 Å². The quantitative estimate of drug-likeness (QED) is 0.834. The number of nitrogens with one attached hydrogen (secondary N) is 1. The Kier molecular flexibility index (Phi) is 5.06. The molecule has 0 aliphatic heterocycles. The average molecular weight is 244 g/mol. The van der Waals surface area contributed by atoms with E-state index in [0.717, 1.165) is 17.7 Å². The standard InChI is InChI=1S/C12H18ClNO2/c1-4-14-7-11(15)10-6-9(13)5-8(2)12(10)16-3/h5-6,11,14-15H,4,7H2,1-3H3. The van der Waals surface area contributed by atoms with E-state index in [2.05, 4.69) is 5.32 Å². The maximum absolute atomic E-state index is 10.0. The molecule has 0 spiro atoms. The number of ether oxygens (including phenoxy) is 1. The highest BCUT2D eigenvalue weighted by atomic mass is 35.5. The third-order valence-electron chi connectivity index (χ3n) is 2.42. The zero-order valence-electron chi connectivity index (χ0n) is 9.88. The number of likely N-dealkylation sites (N-methyl/N-ethyl adjacent to an activating group) is 1. The second-order valence-electron chi connectivity index (χ2n) is 3.67. The summed E-state index contributed by atoms with van der Waals surface area (Å²) in [6, 6.07) is 3.57. The average Bonchev–Trinajstić information content (AvgIpc) is 2.24. The Morgan fingerprint density at radius 3 is 2.75 bits per heavy atom. The van der Waals surface area contributed by atoms with Gasteiger partial charge >= 0.3 is 0 Å². The summed E-state index contributed by atoms with van der Waals surface area (Å²) in [4.78, 5) is 0. The van der Waals surface area contributed by atoms with Crippen LogP contribution in [0.2, 0.25) is 5.02 Å². The van der Waals surface area contributed by atoms with Crippen LogP contribution in [0.4, 0.5) is 0 Å². The molecule has 1 rings (SSSR count). The van der Waals surface area contributed by atoms with E-state index in [1.165, 1.54) is 0 Å². The minimum atomic E-state index is -0.604. The minimum absolute atomic E-state index is 0.493. The molecule has 0 aromatic heterocycles. The van der Waals surface area contributed by atoms with Crippen LogP contribution in [0.5, 0.6) is 5.75 Å². The third kappa shape index (κ3) is 3.11. The van der Waals surface area contributed by atoms with Crippen LogP contribution in [-0.2, 0) is 0 Å². The molecule has 3 nitrogen and oxygen atoms in total. The lowest BCUT2D eigenvalue weighted by Crippen LogP contribution is -2.21. The van der Waals surface area contributed by atoms with Gasteiger partial charge in [0.1, 0.15) is 5.75 Å². The van der Waals surface area contributed by atoms with Gasteiger partial charge in [0.2, 0.25) is 0 Å².